The highest BCUT2D eigenvalue weighted by atomic mass is 16.5. The number of esters is 1. The quantitative estimate of drug-likeness (QED) is 0.0320. The average Bonchev–Trinajstić information content (AvgIpc) is 3.40. The minimum atomic E-state index is -0.850. The number of aliphatic hydroxyl groups excluding tert-OH is 2. The van der Waals surface area contributed by atoms with Gasteiger partial charge in [0, 0.05) is 12.8 Å². The molecule has 0 spiro atoms. The lowest BCUT2D eigenvalue weighted by molar-refractivity contribution is -0.143. The fourth-order valence-electron chi connectivity index (χ4n) is 10.1. The zero-order chi connectivity index (χ0) is 53.6. The van der Waals surface area contributed by atoms with Crippen LogP contribution in [-0.2, 0) is 14.3 Å². The molecule has 0 aliphatic carbocycles. The molecule has 0 aromatic heterocycles. The number of hydrogen-bond donors (Lipinski definition) is 3. The number of amides is 1. The van der Waals surface area contributed by atoms with Crippen LogP contribution in [0.15, 0.2) is 48.6 Å². The third-order valence-electron chi connectivity index (χ3n) is 15.1. The van der Waals surface area contributed by atoms with E-state index in [0.717, 1.165) is 51.4 Å². The molecule has 0 rings (SSSR count). The van der Waals surface area contributed by atoms with Gasteiger partial charge in [0.25, 0.3) is 0 Å². The first-order valence-electron chi connectivity index (χ1n) is 32.9. The summed E-state index contributed by atoms with van der Waals surface area (Å²) in [7, 11) is 0. The number of rotatable bonds is 61. The van der Waals surface area contributed by atoms with Crippen LogP contribution in [-0.4, -0.2) is 47.4 Å². The van der Waals surface area contributed by atoms with Crippen LogP contribution in [0.5, 0.6) is 0 Å². The first kappa shape index (κ1) is 71.8. The molecule has 6 nitrogen and oxygen atoms in total. The van der Waals surface area contributed by atoms with Crippen LogP contribution in [0.1, 0.15) is 348 Å². The van der Waals surface area contributed by atoms with E-state index in [1.807, 2.05) is 6.08 Å². The standard InChI is InChI=1S/C68H127NO5/c1-3-5-7-9-11-13-15-17-19-21-25-29-32-36-40-44-48-52-56-60-66(71)65(64-70)69-67(72)61-57-53-49-45-41-37-33-30-26-23-22-24-27-31-35-39-43-47-51-55-59-63-74-68(73)62-58-54-50-46-42-38-34-28-20-18-16-14-12-10-8-6-4-2/h18,20,39,43,51,55-56,60,65-66,70-71H,3-17,19,21-38,40-42,44-50,52-54,57-59,61-64H2,1-2H3,(H,69,72)/b20-18-,43-39-,55-51-,60-56+. The van der Waals surface area contributed by atoms with Gasteiger partial charge in [0.2, 0.25) is 5.91 Å². The Morgan fingerprint density at radius 2 is 0.676 bits per heavy atom. The van der Waals surface area contributed by atoms with Gasteiger partial charge < -0.3 is 20.3 Å². The van der Waals surface area contributed by atoms with Crippen molar-refractivity contribution in [3.8, 4) is 0 Å². The molecule has 0 aliphatic heterocycles. The van der Waals surface area contributed by atoms with Crippen LogP contribution in [0, 0.1) is 0 Å². The summed E-state index contributed by atoms with van der Waals surface area (Å²) in [6, 6.07) is -0.633. The second-order valence-electron chi connectivity index (χ2n) is 22.4. The van der Waals surface area contributed by atoms with Crippen molar-refractivity contribution in [2.24, 2.45) is 0 Å². The van der Waals surface area contributed by atoms with Crippen LogP contribution in [0.25, 0.3) is 0 Å². The van der Waals surface area contributed by atoms with E-state index in [-0.39, 0.29) is 18.5 Å². The SMILES string of the molecule is CCCCCCCC/C=C\CCCCCCCCCC(=O)OCC/C=C\C/C=C\CCCCCCCCCCCCCCCCC(=O)NC(CO)C(O)/C=C/CCCCCCCCCCCCCCCCCCC. The molecule has 0 saturated heterocycles. The molecular formula is C68H127NO5. The molecule has 74 heavy (non-hydrogen) atoms. The van der Waals surface area contributed by atoms with Gasteiger partial charge in [-0.05, 0) is 77.0 Å². The molecule has 0 saturated carbocycles. The maximum absolute atomic E-state index is 12.5. The Bertz CT molecular complexity index is 1240. The van der Waals surface area contributed by atoms with Crippen molar-refractivity contribution < 1.29 is 24.5 Å². The normalized spacial score (nSPS) is 12.9. The van der Waals surface area contributed by atoms with E-state index in [2.05, 4.69) is 55.6 Å². The number of allylic oxidation sites excluding steroid dienone is 6. The van der Waals surface area contributed by atoms with Crippen LogP contribution in [0.2, 0.25) is 0 Å². The highest BCUT2D eigenvalue weighted by Crippen LogP contribution is 2.17. The highest BCUT2D eigenvalue weighted by molar-refractivity contribution is 5.76. The number of aliphatic hydroxyl groups is 2. The molecule has 3 N–H and O–H groups in total. The summed E-state index contributed by atoms with van der Waals surface area (Å²) in [6.45, 7) is 4.81. The lowest BCUT2D eigenvalue weighted by Gasteiger charge is -2.20. The average molecular weight is 1040 g/mol. The third kappa shape index (κ3) is 59.1. The molecule has 2 unspecified atom stereocenters. The van der Waals surface area contributed by atoms with Gasteiger partial charge >= 0.3 is 5.97 Å². The summed E-state index contributed by atoms with van der Waals surface area (Å²) < 4.78 is 5.43. The van der Waals surface area contributed by atoms with Crippen LogP contribution < -0.4 is 5.32 Å². The van der Waals surface area contributed by atoms with Gasteiger partial charge in [-0.2, -0.15) is 0 Å². The molecule has 6 heteroatoms. The summed E-state index contributed by atoms with van der Waals surface area (Å²) in [5.41, 5.74) is 0. The summed E-state index contributed by atoms with van der Waals surface area (Å²) in [6.07, 6.45) is 81.8. The molecule has 0 aromatic carbocycles. The summed E-state index contributed by atoms with van der Waals surface area (Å²) in [4.78, 5) is 24.6. The first-order chi connectivity index (χ1) is 36.5. The van der Waals surface area contributed by atoms with Crippen LogP contribution >= 0.6 is 0 Å². The number of nitrogens with one attached hydrogen (secondary N) is 1. The maximum Gasteiger partial charge on any atom is 0.305 e. The van der Waals surface area contributed by atoms with Gasteiger partial charge in [-0.3, -0.25) is 9.59 Å². The van der Waals surface area contributed by atoms with E-state index in [1.54, 1.807) is 6.08 Å². The Kier molecular flexibility index (Phi) is 61.5. The van der Waals surface area contributed by atoms with Gasteiger partial charge in [-0.25, -0.2) is 0 Å². The third-order valence-corrected chi connectivity index (χ3v) is 15.1. The predicted octanol–water partition coefficient (Wildman–Crippen LogP) is 20.9. The molecule has 2 atom stereocenters. The van der Waals surface area contributed by atoms with Crippen molar-refractivity contribution in [3.05, 3.63) is 48.6 Å². The number of carbonyl (C=O) groups excluding carboxylic acids is 2. The second kappa shape index (κ2) is 63.4. The molecule has 0 aromatic rings. The number of carbonyl (C=O) groups is 2. The zero-order valence-corrected chi connectivity index (χ0v) is 49.6. The number of ether oxygens (including phenoxy) is 1. The fraction of sp³-hybridized carbons (Fsp3) is 0.853. The topological polar surface area (TPSA) is 95.9 Å². The molecular weight excluding hydrogens is 911 g/mol. The van der Waals surface area contributed by atoms with Crippen LogP contribution in [0.4, 0.5) is 0 Å². The number of hydrogen-bond acceptors (Lipinski definition) is 5. The monoisotopic (exact) mass is 1040 g/mol. The van der Waals surface area contributed by atoms with Crippen LogP contribution in [0.3, 0.4) is 0 Å². The van der Waals surface area contributed by atoms with Crippen molar-refractivity contribution in [1.82, 2.24) is 5.32 Å². The van der Waals surface area contributed by atoms with E-state index in [9.17, 15) is 19.8 Å². The summed E-state index contributed by atoms with van der Waals surface area (Å²) in [5.74, 6) is -0.110. The van der Waals surface area contributed by atoms with Gasteiger partial charge in [-0.15, -0.1) is 0 Å². The first-order valence-corrected chi connectivity index (χ1v) is 32.9. The summed E-state index contributed by atoms with van der Waals surface area (Å²) >= 11 is 0. The van der Waals surface area contributed by atoms with E-state index in [4.69, 9.17) is 4.74 Å². The Balaban J connectivity index is 3.48. The van der Waals surface area contributed by atoms with Crippen molar-refractivity contribution in [2.75, 3.05) is 13.2 Å². The molecule has 1 amide bonds. The molecule has 0 heterocycles. The lowest BCUT2D eigenvalue weighted by Crippen LogP contribution is -2.45. The molecule has 0 bridgehead atoms. The van der Waals surface area contributed by atoms with Crippen molar-refractivity contribution >= 4 is 11.9 Å². The molecule has 434 valence electrons. The van der Waals surface area contributed by atoms with E-state index in [0.29, 0.717) is 19.4 Å². The minimum absolute atomic E-state index is 0.0391. The fourth-order valence-corrected chi connectivity index (χ4v) is 10.1. The zero-order valence-electron chi connectivity index (χ0n) is 49.6. The lowest BCUT2D eigenvalue weighted by atomic mass is 10.0. The summed E-state index contributed by atoms with van der Waals surface area (Å²) in [5, 5.41) is 23.2. The Labute approximate surface area is 461 Å². The largest absolute Gasteiger partial charge is 0.465 e. The Hall–Kier alpha value is -2.18. The number of unbranched alkanes of at least 4 members (excludes halogenated alkanes) is 44. The van der Waals surface area contributed by atoms with Gasteiger partial charge in [-0.1, -0.05) is 306 Å². The minimum Gasteiger partial charge on any atom is -0.465 e. The van der Waals surface area contributed by atoms with Crippen molar-refractivity contribution in [2.45, 2.75) is 360 Å². The van der Waals surface area contributed by atoms with Crippen molar-refractivity contribution in [3.63, 3.8) is 0 Å². The molecule has 0 fully saturated rings. The van der Waals surface area contributed by atoms with E-state index < -0.39 is 12.1 Å². The Morgan fingerprint density at radius 3 is 1.04 bits per heavy atom. The van der Waals surface area contributed by atoms with Crippen molar-refractivity contribution in [1.29, 1.82) is 0 Å². The smallest absolute Gasteiger partial charge is 0.305 e. The van der Waals surface area contributed by atoms with Gasteiger partial charge in [0.05, 0.1) is 25.4 Å². The van der Waals surface area contributed by atoms with E-state index >= 15 is 0 Å². The van der Waals surface area contributed by atoms with E-state index in [1.165, 1.54) is 270 Å². The molecule has 0 radical (unpaired) electrons. The maximum atomic E-state index is 12.5. The van der Waals surface area contributed by atoms with Gasteiger partial charge in [0.1, 0.15) is 0 Å². The second-order valence-corrected chi connectivity index (χ2v) is 22.4. The molecule has 0 aliphatic rings. The predicted molar refractivity (Wildman–Crippen MR) is 324 cm³/mol. The Morgan fingerprint density at radius 1 is 0.378 bits per heavy atom. The van der Waals surface area contributed by atoms with Gasteiger partial charge in [0.15, 0.2) is 0 Å². The highest BCUT2D eigenvalue weighted by Gasteiger charge is 2.18.